The Labute approximate surface area is 79.6 Å². The second-order valence-electron chi connectivity index (χ2n) is 2.64. The molecule has 0 radical (unpaired) electrons. The van der Waals surface area contributed by atoms with Crippen LogP contribution in [0.5, 0.6) is 0 Å². The fraction of sp³-hybridized carbons (Fsp3) is 0.125. The summed E-state index contributed by atoms with van der Waals surface area (Å²) < 4.78 is 46.1. The quantitative estimate of drug-likeness (QED) is 0.563. The van der Waals surface area contributed by atoms with Crippen LogP contribution in [0.4, 0.5) is 8.28 Å². The summed E-state index contributed by atoms with van der Waals surface area (Å²) in [5.41, 5.74) is -0.441. The Bertz CT molecular complexity index is 479. The third kappa shape index (κ3) is 2.14. The van der Waals surface area contributed by atoms with Gasteiger partial charge in [0.1, 0.15) is 5.82 Å². The first-order valence-electron chi connectivity index (χ1n) is 3.57. The van der Waals surface area contributed by atoms with Crippen molar-refractivity contribution in [1.82, 2.24) is 0 Å². The lowest BCUT2D eigenvalue weighted by atomic mass is 10.1. The van der Waals surface area contributed by atoms with Gasteiger partial charge in [-0.15, -0.1) is 3.89 Å². The normalized spacial score (nSPS) is 11.4. The van der Waals surface area contributed by atoms with Gasteiger partial charge < -0.3 is 0 Å². The molecule has 0 aliphatic carbocycles. The summed E-state index contributed by atoms with van der Waals surface area (Å²) >= 11 is 0. The van der Waals surface area contributed by atoms with Crippen molar-refractivity contribution in [2.75, 3.05) is 0 Å². The average molecular weight is 220 g/mol. The molecule has 6 heteroatoms. The van der Waals surface area contributed by atoms with Crippen molar-refractivity contribution in [2.24, 2.45) is 0 Å². The van der Waals surface area contributed by atoms with Crippen LogP contribution in [0.25, 0.3) is 0 Å². The maximum atomic E-state index is 12.9. The molecule has 0 aliphatic heterocycles. The highest BCUT2D eigenvalue weighted by molar-refractivity contribution is 7.86. The summed E-state index contributed by atoms with van der Waals surface area (Å²) in [4.78, 5) is 10.1. The number of benzene rings is 1. The smallest absolute Gasteiger partial charge is 0.294 e. The van der Waals surface area contributed by atoms with Gasteiger partial charge in [-0.3, -0.25) is 4.79 Å². The van der Waals surface area contributed by atoms with Crippen LogP contribution in [-0.4, -0.2) is 14.2 Å². The Balaban J connectivity index is 3.42. The predicted molar refractivity (Wildman–Crippen MR) is 44.7 cm³/mol. The lowest BCUT2D eigenvalue weighted by molar-refractivity contribution is 0.101. The van der Waals surface area contributed by atoms with Crippen LogP contribution in [0.2, 0.25) is 0 Å². The molecule has 0 spiro atoms. The number of Topliss-reactive ketones (excluding diaryl/α,β-unsaturated/α-hetero) is 1. The molecule has 0 unspecified atom stereocenters. The first-order valence-corrected chi connectivity index (χ1v) is 4.96. The standard InChI is InChI=1S/C8H6F2O3S/c1-5(11)7-4-6(14(10,12)13)2-3-8(7)9/h2-4H,1H3. The van der Waals surface area contributed by atoms with E-state index in [0.717, 1.165) is 19.1 Å². The summed E-state index contributed by atoms with van der Waals surface area (Å²) in [7, 11) is -4.89. The fourth-order valence-electron chi connectivity index (χ4n) is 0.926. The van der Waals surface area contributed by atoms with Gasteiger partial charge in [0.25, 0.3) is 0 Å². The molecular formula is C8H6F2O3S. The molecule has 0 saturated heterocycles. The van der Waals surface area contributed by atoms with Crippen LogP contribution in [0, 0.1) is 5.82 Å². The molecule has 0 fully saturated rings. The largest absolute Gasteiger partial charge is 0.332 e. The van der Waals surface area contributed by atoms with Crippen molar-refractivity contribution in [3.8, 4) is 0 Å². The summed E-state index contributed by atoms with van der Waals surface area (Å²) in [6.07, 6.45) is 0. The van der Waals surface area contributed by atoms with Crippen molar-refractivity contribution >= 4 is 16.0 Å². The molecule has 0 N–H and O–H groups in total. The molecule has 76 valence electrons. The van der Waals surface area contributed by atoms with Crippen molar-refractivity contribution in [3.63, 3.8) is 0 Å². The Morgan fingerprint density at radius 2 is 1.93 bits per heavy atom. The fourth-order valence-corrected chi connectivity index (χ4v) is 1.42. The lowest BCUT2D eigenvalue weighted by Crippen LogP contribution is -2.00. The van der Waals surface area contributed by atoms with Crippen molar-refractivity contribution in [1.29, 1.82) is 0 Å². The van der Waals surface area contributed by atoms with Gasteiger partial charge >= 0.3 is 10.2 Å². The number of halogens is 2. The number of ketones is 1. The molecule has 0 saturated carbocycles. The summed E-state index contributed by atoms with van der Waals surface area (Å²) in [6, 6.07) is 2.17. The number of hydrogen-bond acceptors (Lipinski definition) is 3. The van der Waals surface area contributed by atoms with E-state index in [-0.39, 0.29) is 0 Å². The molecule has 0 aromatic heterocycles. The van der Waals surface area contributed by atoms with Gasteiger partial charge in [0.05, 0.1) is 10.5 Å². The minimum Gasteiger partial charge on any atom is -0.294 e. The highest BCUT2D eigenvalue weighted by atomic mass is 32.3. The molecule has 3 nitrogen and oxygen atoms in total. The molecule has 1 rings (SSSR count). The average Bonchev–Trinajstić information content (AvgIpc) is 2.02. The molecule has 0 heterocycles. The summed E-state index contributed by atoms with van der Waals surface area (Å²) in [6.45, 7) is 1.06. The van der Waals surface area contributed by atoms with Gasteiger partial charge in [-0.05, 0) is 25.1 Å². The van der Waals surface area contributed by atoms with Crippen LogP contribution < -0.4 is 0 Å². The van der Waals surface area contributed by atoms with E-state index in [1.165, 1.54) is 0 Å². The van der Waals surface area contributed by atoms with Crippen LogP contribution >= 0.6 is 0 Å². The summed E-state index contributed by atoms with van der Waals surface area (Å²) in [5, 5.41) is 0. The third-order valence-corrected chi connectivity index (χ3v) is 2.42. The number of carbonyl (C=O) groups excluding carboxylic acids is 1. The molecule has 0 aliphatic rings. The van der Waals surface area contributed by atoms with Gasteiger partial charge in [-0.25, -0.2) is 4.39 Å². The second kappa shape index (κ2) is 3.45. The SMILES string of the molecule is CC(=O)c1cc(S(=O)(=O)F)ccc1F. The molecule has 1 aromatic carbocycles. The van der Waals surface area contributed by atoms with Crippen molar-refractivity contribution < 1.29 is 21.5 Å². The zero-order valence-corrected chi connectivity index (χ0v) is 7.94. The minimum atomic E-state index is -4.89. The Morgan fingerprint density at radius 1 is 1.36 bits per heavy atom. The van der Waals surface area contributed by atoms with E-state index in [1.807, 2.05) is 0 Å². The van der Waals surface area contributed by atoms with E-state index in [2.05, 4.69) is 0 Å². The topological polar surface area (TPSA) is 51.2 Å². The van der Waals surface area contributed by atoms with E-state index in [4.69, 9.17) is 0 Å². The first-order chi connectivity index (χ1) is 6.32. The van der Waals surface area contributed by atoms with Gasteiger partial charge in [0, 0.05) is 0 Å². The van der Waals surface area contributed by atoms with Gasteiger partial charge in [-0.2, -0.15) is 8.42 Å². The number of hydrogen-bond donors (Lipinski definition) is 0. The molecular weight excluding hydrogens is 214 g/mol. The van der Waals surface area contributed by atoms with E-state index < -0.39 is 32.3 Å². The second-order valence-corrected chi connectivity index (χ2v) is 3.98. The maximum absolute atomic E-state index is 12.9. The molecule has 0 bridgehead atoms. The number of rotatable bonds is 2. The van der Waals surface area contributed by atoms with Crippen LogP contribution in [0.15, 0.2) is 23.1 Å². The van der Waals surface area contributed by atoms with Gasteiger partial charge in [0.15, 0.2) is 5.78 Å². The van der Waals surface area contributed by atoms with Gasteiger partial charge in [-0.1, -0.05) is 0 Å². The lowest BCUT2D eigenvalue weighted by Gasteiger charge is -1.99. The highest BCUT2D eigenvalue weighted by Crippen LogP contribution is 2.17. The number of carbonyl (C=O) groups is 1. The van der Waals surface area contributed by atoms with Crippen molar-refractivity contribution in [3.05, 3.63) is 29.6 Å². The Morgan fingerprint density at radius 3 is 2.36 bits per heavy atom. The Kier molecular flexibility index (Phi) is 2.66. The van der Waals surface area contributed by atoms with E-state index in [0.29, 0.717) is 6.07 Å². The van der Waals surface area contributed by atoms with Crippen LogP contribution in [0.1, 0.15) is 17.3 Å². The zero-order chi connectivity index (χ0) is 10.9. The third-order valence-electron chi connectivity index (χ3n) is 1.60. The van der Waals surface area contributed by atoms with Crippen molar-refractivity contribution in [2.45, 2.75) is 11.8 Å². The van der Waals surface area contributed by atoms with Gasteiger partial charge in [0.2, 0.25) is 0 Å². The van der Waals surface area contributed by atoms with E-state index >= 15 is 0 Å². The summed E-state index contributed by atoms with van der Waals surface area (Å²) in [5.74, 6) is -1.53. The predicted octanol–water partition coefficient (Wildman–Crippen LogP) is 1.69. The highest BCUT2D eigenvalue weighted by Gasteiger charge is 2.16. The maximum Gasteiger partial charge on any atom is 0.332 e. The van der Waals surface area contributed by atoms with Crippen LogP contribution in [-0.2, 0) is 10.2 Å². The molecule has 0 atom stereocenters. The minimum absolute atomic E-state index is 0.441. The van der Waals surface area contributed by atoms with E-state index in [9.17, 15) is 21.5 Å². The first kappa shape index (κ1) is 10.8. The Hall–Kier alpha value is -1.30. The van der Waals surface area contributed by atoms with Crippen LogP contribution in [0.3, 0.4) is 0 Å². The molecule has 1 aromatic rings. The monoisotopic (exact) mass is 220 g/mol. The zero-order valence-electron chi connectivity index (χ0n) is 7.12. The molecule has 14 heavy (non-hydrogen) atoms. The van der Waals surface area contributed by atoms with E-state index in [1.54, 1.807) is 0 Å². The molecule has 0 amide bonds.